The molecule has 6 heteroatoms. The summed E-state index contributed by atoms with van der Waals surface area (Å²) in [6.07, 6.45) is 0. The fourth-order valence-corrected chi connectivity index (χ4v) is 6.52. The summed E-state index contributed by atoms with van der Waals surface area (Å²) in [5.74, 6) is -6.36. The molecule has 0 saturated heterocycles. The summed E-state index contributed by atoms with van der Waals surface area (Å²) in [4.78, 5) is 3.32. The van der Waals surface area contributed by atoms with Gasteiger partial charge in [0.05, 0.1) is 0 Å². The van der Waals surface area contributed by atoms with Gasteiger partial charge < -0.3 is 0 Å². The van der Waals surface area contributed by atoms with Gasteiger partial charge in [-0.15, -0.1) is 0 Å². The first-order chi connectivity index (χ1) is 7.31. The van der Waals surface area contributed by atoms with Gasteiger partial charge in [-0.05, 0) is 0 Å². The summed E-state index contributed by atoms with van der Waals surface area (Å²) in [7, 11) is 0. The fourth-order valence-electron chi connectivity index (χ4n) is 1.36. The van der Waals surface area contributed by atoms with Crippen molar-refractivity contribution in [1.82, 2.24) is 0 Å². The van der Waals surface area contributed by atoms with Gasteiger partial charge >= 0.3 is 94.5 Å². The number of nitrogens with zero attached hydrogens (tertiary/aromatic N) is 1. The van der Waals surface area contributed by atoms with E-state index in [0.717, 1.165) is 0 Å². The predicted molar refractivity (Wildman–Crippen MR) is 53.8 cm³/mol. The van der Waals surface area contributed by atoms with E-state index in [0.29, 0.717) is 6.07 Å². The monoisotopic (exact) mass is 339 g/mol. The molecule has 1 nitrogen and oxygen atoms in total. The number of hydrogen-bond acceptors (Lipinski definition) is 1. The van der Waals surface area contributed by atoms with E-state index >= 15 is 0 Å². The second kappa shape index (κ2) is 4.61. The Morgan fingerprint density at radius 2 is 1.69 bits per heavy atom. The Kier molecular flexibility index (Phi) is 3.83. The van der Waals surface area contributed by atoms with Crippen molar-refractivity contribution in [3.63, 3.8) is 0 Å². The Balaban J connectivity index is 3.42. The van der Waals surface area contributed by atoms with Crippen molar-refractivity contribution in [2.24, 2.45) is 0 Å². The van der Waals surface area contributed by atoms with Gasteiger partial charge in [-0.3, -0.25) is 0 Å². The van der Waals surface area contributed by atoms with Crippen LogP contribution < -0.4 is 3.58 Å². The summed E-state index contributed by atoms with van der Waals surface area (Å²) in [5, 5.41) is 8.57. The van der Waals surface area contributed by atoms with Crippen molar-refractivity contribution in [3.05, 3.63) is 29.3 Å². The van der Waals surface area contributed by atoms with E-state index in [1.807, 2.05) is 6.07 Å². The van der Waals surface area contributed by atoms with Crippen LogP contribution in [0.25, 0.3) is 0 Å². The SMILES string of the molecule is [CH3][Sn]([CH3])([CH2]C#N)[c]1cc(F)c(F)c(F)c1F. The van der Waals surface area contributed by atoms with Gasteiger partial charge in [-0.1, -0.05) is 0 Å². The van der Waals surface area contributed by atoms with Crippen LogP contribution >= 0.6 is 0 Å². The molecular weight excluding hydrogens is 329 g/mol. The third-order valence-electron chi connectivity index (χ3n) is 2.35. The Morgan fingerprint density at radius 3 is 2.19 bits per heavy atom. The van der Waals surface area contributed by atoms with Crippen molar-refractivity contribution < 1.29 is 17.6 Å². The number of halogens is 4. The van der Waals surface area contributed by atoms with E-state index in [-0.39, 0.29) is 8.02 Å². The summed E-state index contributed by atoms with van der Waals surface area (Å²) >= 11 is -3.37. The van der Waals surface area contributed by atoms with Crippen molar-refractivity contribution >= 4 is 22.0 Å². The van der Waals surface area contributed by atoms with Crippen LogP contribution in [0.4, 0.5) is 17.6 Å². The van der Waals surface area contributed by atoms with Crippen LogP contribution in [0.3, 0.4) is 0 Å². The molecule has 0 N–H and O–H groups in total. The molecule has 1 aromatic carbocycles. The predicted octanol–water partition coefficient (Wildman–Crippen LogP) is 2.68. The molecule has 0 aliphatic heterocycles. The van der Waals surface area contributed by atoms with Crippen molar-refractivity contribution in [2.75, 3.05) is 0 Å². The first-order valence-electron chi connectivity index (χ1n) is 4.51. The second-order valence-corrected chi connectivity index (χ2v) is 17.4. The molecular formula is C10H9F4NSn. The minimum absolute atomic E-state index is 0.0795. The molecule has 1 aromatic rings. The molecule has 0 atom stereocenters. The second-order valence-electron chi connectivity index (χ2n) is 4.07. The van der Waals surface area contributed by atoms with E-state index in [4.69, 9.17) is 5.26 Å². The molecule has 0 aliphatic carbocycles. The molecule has 0 unspecified atom stereocenters. The zero-order valence-corrected chi connectivity index (χ0v) is 11.6. The number of nitriles is 1. The minimum atomic E-state index is -3.37. The molecule has 0 radical (unpaired) electrons. The van der Waals surface area contributed by atoms with E-state index in [1.54, 1.807) is 9.88 Å². The van der Waals surface area contributed by atoms with Gasteiger partial charge in [0.15, 0.2) is 0 Å². The zero-order valence-electron chi connectivity index (χ0n) is 8.74. The van der Waals surface area contributed by atoms with Gasteiger partial charge in [0.2, 0.25) is 0 Å². The first kappa shape index (κ1) is 13.3. The summed E-state index contributed by atoms with van der Waals surface area (Å²) in [5.41, 5.74) is 0. The molecule has 0 fully saturated rings. The van der Waals surface area contributed by atoms with Crippen molar-refractivity contribution in [3.8, 4) is 6.07 Å². The summed E-state index contributed by atoms with van der Waals surface area (Å²) in [6, 6.07) is 2.56. The molecule has 0 bridgehead atoms. The molecule has 0 aromatic heterocycles. The van der Waals surface area contributed by atoms with Crippen LogP contribution in [0, 0.1) is 34.6 Å². The average Bonchev–Trinajstić information content (AvgIpc) is 2.20. The quantitative estimate of drug-likeness (QED) is 0.352. The van der Waals surface area contributed by atoms with Crippen LogP contribution in [-0.4, -0.2) is 18.4 Å². The number of benzene rings is 1. The number of rotatable bonds is 2. The molecule has 0 amide bonds. The van der Waals surface area contributed by atoms with Crippen LogP contribution in [-0.2, 0) is 0 Å². The van der Waals surface area contributed by atoms with Gasteiger partial charge in [0.25, 0.3) is 0 Å². The normalized spacial score (nSPS) is 11.3. The van der Waals surface area contributed by atoms with E-state index in [1.165, 1.54) is 0 Å². The van der Waals surface area contributed by atoms with Crippen LogP contribution in [0.1, 0.15) is 0 Å². The molecule has 0 heterocycles. The van der Waals surface area contributed by atoms with Gasteiger partial charge in [0, 0.05) is 0 Å². The molecule has 1 rings (SSSR count). The zero-order chi connectivity index (χ0) is 12.5. The Labute approximate surface area is 94.6 Å². The van der Waals surface area contributed by atoms with Gasteiger partial charge in [-0.25, -0.2) is 0 Å². The van der Waals surface area contributed by atoms with Gasteiger partial charge in [-0.2, -0.15) is 0 Å². The van der Waals surface area contributed by atoms with E-state index < -0.39 is 41.6 Å². The Bertz CT molecular complexity index is 465. The summed E-state index contributed by atoms with van der Waals surface area (Å²) < 4.78 is 52.0. The molecule has 86 valence electrons. The van der Waals surface area contributed by atoms with E-state index in [2.05, 4.69) is 0 Å². The van der Waals surface area contributed by atoms with Crippen LogP contribution in [0.2, 0.25) is 14.3 Å². The van der Waals surface area contributed by atoms with Crippen molar-refractivity contribution in [2.45, 2.75) is 14.3 Å². The standard InChI is InChI=1S/C6HF4.C2H2N.2CH3.Sn/c7-3-1-2-4(8)6(10)5(3)9;1-2-3;;;/h1H;1H2;2*1H3;. The molecule has 16 heavy (non-hydrogen) atoms. The van der Waals surface area contributed by atoms with Gasteiger partial charge in [0.1, 0.15) is 0 Å². The fraction of sp³-hybridized carbons (Fsp3) is 0.300. The average molecular weight is 338 g/mol. The molecule has 0 spiro atoms. The number of hydrogen-bond donors (Lipinski definition) is 0. The third kappa shape index (κ3) is 2.32. The Hall–Kier alpha value is -0.771. The molecule has 0 saturated carbocycles. The van der Waals surface area contributed by atoms with Crippen LogP contribution in [0.5, 0.6) is 0 Å². The maximum atomic E-state index is 13.4. The maximum absolute atomic E-state index is 13.4. The molecule has 0 aliphatic rings. The van der Waals surface area contributed by atoms with Crippen molar-refractivity contribution in [1.29, 1.82) is 5.26 Å². The van der Waals surface area contributed by atoms with Crippen LogP contribution in [0.15, 0.2) is 6.07 Å². The Morgan fingerprint density at radius 1 is 1.12 bits per heavy atom. The van der Waals surface area contributed by atoms with E-state index in [9.17, 15) is 17.6 Å². The topological polar surface area (TPSA) is 23.8 Å². The third-order valence-corrected chi connectivity index (χ3v) is 10.5. The summed E-state index contributed by atoms with van der Waals surface area (Å²) in [6.45, 7) is 0. The first-order valence-corrected chi connectivity index (χ1v) is 13.7.